The number of nitrogens with zero attached hydrogens (tertiary/aromatic N) is 2. The van der Waals surface area contributed by atoms with E-state index < -0.39 is 0 Å². The summed E-state index contributed by atoms with van der Waals surface area (Å²) in [5, 5.41) is 10.7. The summed E-state index contributed by atoms with van der Waals surface area (Å²) in [6.07, 6.45) is 8.16. The van der Waals surface area contributed by atoms with Gasteiger partial charge in [0.25, 0.3) is 0 Å². The fraction of sp³-hybridized carbons (Fsp3) is 0.632. The second kappa shape index (κ2) is 12.7. The van der Waals surface area contributed by atoms with Crippen LogP contribution in [0.4, 0.5) is 0 Å². The van der Waals surface area contributed by atoms with Crippen LogP contribution in [0.2, 0.25) is 5.15 Å². The molecule has 0 aromatic carbocycles. The number of hydrogen-bond acceptors (Lipinski definition) is 4. The fourth-order valence-electron chi connectivity index (χ4n) is 2.75. The molecule has 1 fully saturated rings. The van der Waals surface area contributed by atoms with Crippen LogP contribution >= 0.6 is 23.2 Å². The molecule has 2 rings (SSSR count). The number of pyridine rings is 1. The molecule has 0 aliphatic carbocycles. The van der Waals surface area contributed by atoms with Crippen molar-refractivity contribution in [2.75, 3.05) is 33.4 Å². The predicted molar refractivity (Wildman–Crippen MR) is 106 cm³/mol. The van der Waals surface area contributed by atoms with Gasteiger partial charge in [0.2, 0.25) is 0 Å². The van der Waals surface area contributed by atoms with E-state index in [1.54, 1.807) is 13.3 Å². The number of likely N-dealkylation sites (tertiary alicyclic amines) is 1. The summed E-state index contributed by atoms with van der Waals surface area (Å²) in [5.41, 5.74) is 2.00. The second-order valence-corrected chi connectivity index (χ2v) is 7.05. The lowest BCUT2D eigenvalue weighted by Crippen LogP contribution is -2.37. The predicted octanol–water partition coefficient (Wildman–Crippen LogP) is 4.51. The third-order valence-electron chi connectivity index (χ3n) is 3.99. The van der Waals surface area contributed by atoms with Crippen LogP contribution in [0.5, 0.6) is 0 Å². The van der Waals surface area contributed by atoms with Gasteiger partial charge in [-0.3, -0.25) is 0 Å². The summed E-state index contributed by atoms with van der Waals surface area (Å²) < 4.78 is 4.87. The summed E-state index contributed by atoms with van der Waals surface area (Å²) in [6, 6.07) is 1.81. The first-order valence-electron chi connectivity index (χ1n) is 8.85. The lowest BCUT2D eigenvalue weighted by Gasteiger charge is -2.28. The molecule has 0 spiro atoms. The molecule has 1 aromatic heterocycles. The normalized spacial score (nSPS) is 17.0. The maximum Gasteiger partial charge on any atom is 0.129 e. The molecular formula is C19H30Cl2N2O2. The van der Waals surface area contributed by atoms with Gasteiger partial charge in [-0.25, -0.2) is 4.98 Å². The van der Waals surface area contributed by atoms with Crippen LogP contribution in [0.3, 0.4) is 0 Å². The zero-order valence-corrected chi connectivity index (χ0v) is 17.0. The van der Waals surface area contributed by atoms with Crippen LogP contribution in [0.1, 0.15) is 43.7 Å². The molecule has 0 amide bonds. The lowest BCUT2D eigenvalue weighted by molar-refractivity contribution is 0.0335. The van der Waals surface area contributed by atoms with Crippen molar-refractivity contribution in [1.82, 2.24) is 9.88 Å². The third-order valence-corrected chi connectivity index (χ3v) is 4.56. The SMILES string of the molecule is CC/C=C(/Cl)c1cnc(Cl)cc1C.COCC(O)CN1CCCCC1. The van der Waals surface area contributed by atoms with E-state index in [4.69, 9.17) is 27.9 Å². The summed E-state index contributed by atoms with van der Waals surface area (Å²) in [4.78, 5) is 6.30. The number of allylic oxidation sites excluding steroid dienone is 1. The van der Waals surface area contributed by atoms with Crippen molar-refractivity contribution < 1.29 is 9.84 Å². The average molecular weight is 389 g/mol. The van der Waals surface area contributed by atoms with Gasteiger partial charge in [-0.2, -0.15) is 0 Å². The van der Waals surface area contributed by atoms with E-state index in [0.29, 0.717) is 11.8 Å². The van der Waals surface area contributed by atoms with Gasteiger partial charge in [-0.15, -0.1) is 0 Å². The van der Waals surface area contributed by atoms with Crippen LogP contribution in [-0.4, -0.2) is 54.4 Å². The first kappa shape index (κ1) is 22.4. The number of methoxy groups -OCH3 is 1. The van der Waals surface area contributed by atoms with Crippen molar-refractivity contribution in [2.45, 2.75) is 45.6 Å². The van der Waals surface area contributed by atoms with Crippen LogP contribution in [-0.2, 0) is 4.74 Å². The molecule has 1 unspecified atom stereocenters. The zero-order chi connectivity index (χ0) is 18.7. The Morgan fingerprint density at radius 3 is 2.64 bits per heavy atom. The molecule has 2 heterocycles. The van der Waals surface area contributed by atoms with Crippen LogP contribution in [0.15, 0.2) is 18.3 Å². The Morgan fingerprint density at radius 1 is 1.40 bits per heavy atom. The molecule has 0 bridgehead atoms. The highest BCUT2D eigenvalue weighted by molar-refractivity contribution is 6.48. The van der Waals surface area contributed by atoms with E-state index in [0.717, 1.165) is 42.2 Å². The number of piperidine rings is 1. The Kier molecular flexibility index (Phi) is 11.3. The third kappa shape index (κ3) is 9.02. The molecule has 1 N–H and O–H groups in total. The number of aromatic nitrogens is 1. The largest absolute Gasteiger partial charge is 0.389 e. The highest BCUT2D eigenvalue weighted by Crippen LogP contribution is 2.23. The summed E-state index contributed by atoms with van der Waals surface area (Å²) in [6.45, 7) is 7.52. The summed E-state index contributed by atoms with van der Waals surface area (Å²) in [7, 11) is 1.62. The smallest absolute Gasteiger partial charge is 0.129 e. The molecule has 25 heavy (non-hydrogen) atoms. The number of halogens is 2. The van der Waals surface area contributed by atoms with E-state index in [1.807, 2.05) is 26.0 Å². The number of aliphatic hydroxyl groups excluding tert-OH is 1. The molecule has 1 saturated heterocycles. The van der Waals surface area contributed by atoms with Crippen molar-refractivity contribution in [3.63, 3.8) is 0 Å². The summed E-state index contributed by atoms with van der Waals surface area (Å²) in [5.74, 6) is 0. The van der Waals surface area contributed by atoms with E-state index >= 15 is 0 Å². The van der Waals surface area contributed by atoms with Crippen LogP contribution in [0.25, 0.3) is 5.03 Å². The van der Waals surface area contributed by atoms with Crippen molar-refractivity contribution in [1.29, 1.82) is 0 Å². The Labute approximate surface area is 161 Å². The minimum absolute atomic E-state index is 0.312. The van der Waals surface area contributed by atoms with E-state index in [9.17, 15) is 5.11 Å². The molecule has 1 aliphatic rings. The van der Waals surface area contributed by atoms with Gasteiger partial charge in [-0.05, 0) is 50.9 Å². The van der Waals surface area contributed by atoms with E-state index in [-0.39, 0.29) is 6.10 Å². The average Bonchev–Trinajstić information content (AvgIpc) is 2.56. The molecule has 0 saturated carbocycles. The van der Waals surface area contributed by atoms with Crippen LogP contribution < -0.4 is 0 Å². The highest BCUT2D eigenvalue weighted by atomic mass is 35.5. The fourth-order valence-corrected chi connectivity index (χ4v) is 3.31. The molecule has 4 nitrogen and oxygen atoms in total. The van der Waals surface area contributed by atoms with Crippen molar-refractivity contribution in [3.8, 4) is 0 Å². The quantitative estimate of drug-likeness (QED) is 0.727. The Hall–Kier alpha value is -0.650. The summed E-state index contributed by atoms with van der Waals surface area (Å²) >= 11 is 11.8. The number of β-amino-alcohol motifs (C(OH)–C–C–N with tert-alkyl or cyclic N) is 1. The Balaban J connectivity index is 0.000000251. The molecule has 6 heteroatoms. The molecule has 1 aliphatic heterocycles. The zero-order valence-electron chi connectivity index (χ0n) is 15.5. The first-order chi connectivity index (χ1) is 12.0. The van der Waals surface area contributed by atoms with Crippen molar-refractivity contribution >= 4 is 28.2 Å². The first-order valence-corrected chi connectivity index (χ1v) is 9.61. The van der Waals surface area contributed by atoms with Crippen molar-refractivity contribution in [3.05, 3.63) is 34.6 Å². The molecule has 0 radical (unpaired) electrons. The highest BCUT2D eigenvalue weighted by Gasteiger charge is 2.13. The van der Waals surface area contributed by atoms with Gasteiger partial charge in [-0.1, -0.05) is 42.6 Å². The lowest BCUT2D eigenvalue weighted by atomic mass is 10.1. The van der Waals surface area contributed by atoms with E-state index in [2.05, 4.69) is 9.88 Å². The number of rotatable bonds is 6. The number of ether oxygens (including phenoxy) is 1. The van der Waals surface area contributed by atoms with Crippen LogP contribution in [0, 0.1) is 6.92 Å². The van der Waals surface area contributed by atoms with Gasteiger partial charge in [0.1, 0.15) is 5.15 Å². The van der Waals surface area contributed by atoms with Gasteiger partial charge >= 0.3 is 0 Å². The van der Waals surface area contributed by atoms with Gasteiger partial charge in [0.15, 0.2) is 0 Å². The molecule has 142 valence electrons. The minimum Gasteiger partial charge on any atom is -0.389 e. The molecular weight excluding hydrogens is 359 g/mol. The number of aryl methyl sites for hydroxylation is 1. The number of hydrogen-bond donors (Lipinski definition) is 1. The topological polar surface area (TPSA) is 45.6 Å². The van der Waals surface area contributed by atoms with E-state index in [1.165, 1.54) is 19.3 Å². The Bertz CT molecular complexity index is 532. The number of aliphatic hydroxyl groups is 1. The minimum atomic E-state index is -0.312. The van der Waals surface area contributed by atoms with Gasteiger partial charge in [0, 0.05) is 30.4 Å². The molecule has 1 atom stereocenters. The monoisotopic (exact) mass is 388 g/mol. The molecule has 1 aromatic rings. The Morgan fingerprint density at radius 2 is 2.08 bits per heavy atom. The standard InChI is InChI=1S/C10H11Cl2N.C9H19NO2/c1-3-4-9(11)8-6-13-10(12)5-7(8)2;1-12-8-9(11)7-10-5-3-2-4-6-10/h4-6H,3H2,1-2H3;9,11H,2-8H2,1H3/b9-4+;. The second-order valence-electron chi connectivity index (χ2n) is 6.25. The van der Waals surface area contributed by atoms with Crippen molar-refractivity contribution in [2.24, 2.45) is 0 Å². The van der Waals surface area contributed by atoms with Gasteiger partial charge < -0.3 is 14.7 Å². The van der Waals surface area contributed by atoms with Gasteiger partial charge in [0.05, 0.1) is 12.7 Å². The maximum atomic E-state index is 9.43. The maximum absolute atomic E-state index is 9.43.